The molecule has 1 aromatic heterocycles. The molecule has 2 heterocycles. The van der Waals surface area contributed by atoms with E-state index < -0.39 is 11.6 Å². The molecule has 2 rings (SSSR count). The van der Waals surface area contributed by atoms with Gasteiger partial charge < -0.3 is 19.9 Å². The zero-order valence-electron chi connectivity index (χ0n) is 10.8. The average molecular weight is 267 g/mol. The van der Waals surface area contributed by atoms with Crippen LogP contribution in [-0.2, 0) is 9.47 Å². The number of aromatic nitrogens is 2. The Labute approximate surface area is 111 Å². The molecule has 0 unspecified atom stereocenters. The maximum absolute atomic E-state index is 11.5. The molecule has 104 valence electrons. The zero-order chi connectivity index (χ0) is 13.7. The maximum atomic E-state index is 11.5. The van der Waals surface area contributed by atoms with E-state index in [4.69, 9.17) is 4.74 Å². The largest absolute Gasteiger partial charge is 0.465 e. The number of carbonyl (C=O) groups excluding carboxylic acids is 1. The van der Waals surface area contributed by atoms with Crippen molar-refractivity contribution >= 4 is 11.8 Å². The molecule has 0 radical (unpaired) electrons. The highest BCUT2D eigenvalue weighted by atomic mass is 16.5. The van der Waals surface area contributed by atoms with Crippen molar-refractivity contribution in [3.05, 3.63) is 18.1 Å². The molecule has 2 N–H and O–H groups in total. The Morgan fingerprint density at radius 1 is 1.58 bits per heavy atom. The molecule has 0 aliphatic carbocycles. The molecule has 7 heteroatoms. The normalized spacial score (nSPS) is 17.8. The van der Waals surface area contributed by atoms with Crippen LogP contribution in [0.25, 0.3) is 0 Å². The number of hydrogen-bond donors (Lipinski definition) is 2. The van der Waals surface area contributed by atoms with Gasteiger partial charge in [0.05, 0.1) is 12.7 Å². The molecule has 19 heavy (non-hydrogen) atoms. The Morgan fingerprint density at radius 3 is 3.00 bits per heavy atom. The third kappa shape index (κ3) is 3.39. The number of nitrogens with one attached hydrogen (secondary N) is 1. The van der Waals surface area contributed by atoms with Crippen molar-refractivity contribution in [3.8, 4) is 0 Å². The van der Waals surface area contributed by atoms with Gasteiger partial charge in [-0.15, -0.1) is 0 Å². The van der Waals surface area contributed by atoms with Gasteiger partial charge in [0, 0.05) is 38.8 Å². The van der Waals surface area contributed by atoms with E-state index in [1.165, 1.54) is 19.6 Å². The summed E-state index contributed by atoms with van der Waals surface area (Å²) in [5, 5.41) is 13.3. The van der Waals surface area contributed by atoms with E-state index in [9.17, 15) is 9.90 Å². The lowest BCUT2D eigenvalue weighted by Crippen LogP contribution is -2.42. The lowest BCUT2D eigenvalue weighted by molar-refractivity contribution is -0.0544. The summed E-state index contributed by atoms with van der Waals surface area (Å²) in [4.78, 5) is 19.3. The quantitative estimate of drug-likeness (QED) is 0.753. The minimum Gasteiger partial charge on any atom is -0.465 e. The standard InChI is InChI=1S/C12H17N3O4/c1-18-11(16)9-6-13-8-15-10(9)14-7-12(17)2-4-19-5-3-12/h6,8,17H,2-5,7H2,1H3,(H,13,14,15). The summed E-state index contributed by atoms with van der Waals surface area (Å²) in [5.41, 5.74) is -0.586. The van der Waals surface area contributed by atoms with E-state index in [2.05, 4.69) is 20.0 Å². The van der Waals surface area contributed by atoms with Crippen LogP contribution in [0.15, 0.2) is 12.5 Å². The molecule has 0 amide bonds. The van der Waals surface area contributed by atoms with E-state index >= 15 is 0 Å². The van der Waals surface area contributed by atoms with Crippen molar-refractivity contribution in [2.45, 2.75) is 18.4 Å². The number of aliphatic hydroxyl groups is 1. The van der Waals surface area contributed by atoms with Gasteiger partial charge >= 0.3 is 5.97 Å². The minimum absolute atomic E-state index is 0.251. The molecule has 7 nitrogen and oxygen atoms in total. The molecule has 0 aromatic carbocycles. The first-order valence-electron chi connectivity index (χ1n) is 6.07. The van der Waals surface area contributed by atoms with Gasteiger partial charge in [-0.25, -0.2) is 14.8 Å². The first-order valence-corrected chi connectivity index (χ1v) is 6.07. The van der Waals surface area contributed by atoms with Crippen molar-refractivity contribution in [2.24, 2.45) is 0 Å². The summed E-state index contributed by atoms with van der Waals surface area (Å²) >= 11 is 0. The Bertz CT molecular complexity index is 446. The lowest BCUT2D eigenvalue weighted by atomic mass is 9.94. The molecule has 0 saturated carbocycles. The number of methoxy groups -OCH3 is 1. The molecule has 1 aromatic rings. The Morgan fingerprint density at radius 2 is 2.32 bits per heavy atom. The summed E-state index contributed by atoms with van der Waals surface area (Å²) in [6, 6.07) is 0. The van der Waals surface area contributed by atoms with Crippen molar-refractivity contribution in [1.29, 1.82) is 0 Å². The fraction of sp³-hybridized carbons (Fsp3) is 0.583. The van der Waals surface area contributed by atoms with Crippen molar-refractivity contribution in [3.63, 3.8) is 0 Å². The Kier molecular flexibility index (Phi) is 4.28. The summed E-state index contributed by atoms with van der Waals surface area (Å²) in [5.74, 6) is -0.149. The number of anilines is 1. The van der Waals surface area contributed by atoms with E-state index in [-0.39, 0.29) is 5.56 Å². The predicted octanol–water partition coefficient (Wildman–Crippen LogP) is 0.217. The molecular formula is C12H17N3O4. The van der Waals surface area contributed by atoms with Crippen molar-refractivity contribution in [1.82, 2.24) is 9.97 Å². The van der Waals surface area contributed by atoms with Crippen LogP contribution in [-0.4, -0.2) is 53.5 Å². The van der Waals surface area contributed by atoms with Crippen molar-refractivity contribution in [2.75, 3.05) is 32.2 Å². The topological polar surface area (TPSA) is 93.6 Å². The minimum atomic E-state index is -0.837. The van der Waals surface area contributed by atoms with Crippen LogP contribution in [0.5, 0.6) is 0 Å². The summed E-state index contributed by atoms with van der Waals surface area (Å²) in [7, 11) is 1.30. The Balaban J connectivity index is 2.04. The van der Waals surface area contributed by atoms with E-state index in [0.717, 1.165) is 0 Å². The van der Waals surface area contributed by atoms with Gasteiger partial charge in [0.25, 0.3) is 0 Å². The highest BCUT2D eigenvalue weighted by Crippen LogP contribution is 2.21. The number of nitrogens with zero attached hydrogens (tertiary/aromatic N) is 2. The number of ether oxygens (including phenoxy) is 2. The Hall–Kier alpha value is -1.73. The van der Waals surface area contributed by atoms with Gasteiger partial charge in [-0.2, -0.15) is 0 Å². The van der Waals surface area contributed by atoms with Gasteiger partial charge in [-0.05, 0) is 0 Å². The van der Waals surface area contributed by atoms with Crippen LogP contribution < -0.4 is 5.32 Å². The number of hydrogen-bond acceptors (Lipinski definition) is 7. The second kappa shape index (κ2) is 5.94. The fourth-order valence-electron chi connectivity index (χ4n) is 1.91. The second-order valence-electron chi connectivity index (χ2n) is 4.47. The van der Waals surface area contributed by atoms with E-state index in [0.29, 0.717) is 38.4 Å². The highest BCUT2D eigenvalue weighted by Gasteiger charge is 2.30. The van der Waals surface area contributed by atoms with Crippen LogP contribution in [0, 0.1) is 0 Å². The molecule has 0 bridgehead atoms. The molecule has 0 atom stereocenters. The maximum Gasteiger partial charge on any atom is 0.343 e. The van der Waals surface area contributed by atoms with Crippen LogP contribution in [0.3, 0.4) is 0 Å². The van der Waals surface area contributed by atoms with E-state index in [1.807, 2.05) is 0 Å². The average Bonchev–Trinajstić information content (AvgIpc) is 2.45. The summed E-state index contributed by atoms with van der Waals surface area (Å²) < 4.78 is 9.86. The predicted molar refractivity (Wildman–Crippen MR) is 66.9 cm³/mol. The first kappa shape index (κ1) is 13.7. The molecule has 1 aliphatic heterocycles. The second-order valence-corrected chi connectivity index (χ2v) is 4.47. The van der Waals surface area contributed by atoms with Gasteiger partial charge in [-0.3, -0.25) is 0 Å². The third-order valence-electron chi connectivity index (χ3n) is 3.13. The van der Waals surface area contributed by atoms with Gasteiger partial charge in [-0.1, -0.05) is 0 Å². The molecule has 1 fully saturated rings. The van der Waals surface area contributed by atoms with Gasteiger partial charge in [0.2, 0.25) is 0 Å². The van der Waals surface area contributed by atoms with E-state index in [1.54, 1.807) is 0 Å². The van der Waals surface area contributed by atoms with Crippen LogP contribution in [0.2, 0.25) is 0 Å². The molecular weight excluding hydrogens is 250 g/mol. The first-order chi connectivity index (χ1) is 9.14. The van der Waals surface area contributed by atoms with Crippen LogP contribution in [0.1, 0.15) is 23.2 Å². The summed E-state index contributed by atoms with van der Waals surface area (Å²) in [6.07, 6.45) is 3.83. The van der Waals surface area contributed by atoms with Gasteiger partial charge in [0.15, 0.2) is 0 Å². The SMILES string of the molecule is COC(=O)c1cncnc1NCC1(O)CCOCC1. The zero-order valence-corrected chi connectivity index (χ0v) is 10.8. The van der Waals surface area contributed by atoms with Crippen LogP contribution in [0.4, 0.5) is 5.82 Å². The molecule has 0 spiro atoms. The lowest BCUT2D eigenvalue weighted by Gasteiger charge is -2.32. The fourth-order valence-corrected chi connectivity index (χ4v) is 1.91. The number of esters is 1. The molecule has 1 aliphatic rings. The smallest absolute Gasteiger partial charge is 0.343 e. The number of carbonyl (C=O) groups is 1. The monoisotopic (exact) mass is 267 g/mol. The molecule has 1 saturated heterocycles. The third-order valence-corrected chi connectivity index (χ3v) is 3.13. The number of rotatable bonds is 4. The van der Waals surface area contributed by atoms with Crippen LogP contribution >= 0.6 is 0 Å². The van der Waals surface area contributed by atoms with Gasteiger partial charge in [0.1, 0.15) is 17.7 Å². The van der Waals surface area contributed by atoms with Crippen molar-refractivity contribution < 1.29 is 19.4 Å². The summed E-state index contributed by atoms with van der Waals surface area (Å²) in [6.45, 7) is 1.37. The highest BCUT2D eigenvalue weighted by molar-refractivity contribution is 5.94.